The summed E-state index contributed by atoms with van der Waals surface area (Å²) in [4.78, 5) is 3.63. The second-order valence-electron chi connectivity index (χ2n) is 2.81. The minimum absolute atomic E-state index is 0.132. The van der Waals surface area contributed by atoms with E-state index >= 15 is 0 Å². The number of hydrogen-bond acceptors (Lipinski definition) is 3. The van der Waals surface area contributed by atoms with Crippen LogP contribution in [0.2, 0.25) is 0 Å². The van der Waals surface area contributed by atoms with Crippen molar-refractivity contribution in [2.24, 2.45) is 0 Å². The van der Waals surface area contributed by atoms with Crippen LogP contribution in [-0.2, 0) is 5.33 Å². The first-order valence-electron chi connectivity index (χ1n) is 3.91. The third-order valence-corrected chi connectivity index (χ3v) is 2.27. The van der Waals surface area contributed by atoms with Crippen molar-refractivity contribution in [3.8, 4) is 5.88 Å². The normalized spacial score (nSPS) is 11.5. The molecule has 84 valence electrons. The highest BCUT2D eigenvalue weighted by Gasteiger charge is 2.32. The number of alkyl halides is 4. The Hall–Kier alpha value is -0.980. The van der Waals surface area contributed by atoms with Gasteiger partial charge in [0, 0.05) is 11.0 Å². The zero-order valence-electron chi connectivity index (χ0n) is 7.73. The molecule has 0 atom stereocenters. The van der Waals surface area contributed by atoms with Gasteiger partial charge in [-0.15, -0.1) is 13.2 Å². The number of nitrogens with two attached hydrogens (primary N) is 1. The van der Waals surface area contributed by atoms with Gasteiger partial charge < -0.3 is 10.5 Å². The van der Waals surface area contributed by atoms with Gasteiger partial charge >= 0.3 is 6.36 Å². The van der Waals surface area contributed by atoms with Crippen LogP contribution in [0.3, 0.4) is 0 Å². The Kier molecular flexibility index (Phi) is 3.43. The van der Waals surface area contributed by atoms with Crippen molar-refractivity contribution in [1.82, 2.24) is 4.98 Å². The first-order chi connectivity index (χ1) is 6.83. The van der Waals surface area contributed by atoms with Crippen LogP contribution >= 0.6 is 15.9 Å². The van der Waals surface area contributed by atoms with Crippen LogP contribution in [-0.4, -0.2) is 11.3 Å². The molecule has 2 N–H and O–H groups in total. The molecule has 0 aliphatic carbocycles. The molecule has 0 bridgehead atoms. The van der Waals surface area contributed by atoms with Gasteiger partial charge in [-0.25, -0.2) is 4.98 Å². The first kappa shape index (κ1) is 12.1. The van der Waals surface area contributed by atoms with E-state index in [4.69, 9.17) is 5.73 Å². The van der Waals surface area contributed by atoms with Crippen LogP contribution in [0.5, 0.6) is 5.88 Å². The van der Waals surface area contributed by atoms with Crippen molar-refractivity contribution >= 4 is 21.6 Å². The van der Waals surface area contributed by atoms with Crippen molar-refractivity contribution in [1.29, 1.82) is 0 Å². The Labute approximate surface area is 92.6 Å². The molecule has 0 fully saturated rings. The summed E-state index contributed by atoms with van der Waals surface area (Å²) in [5, 5.41) is 0.475. The lowest BCUT2D eigenvalue weighted by Crippen LogP contribution is -2.19. The zero-order valence-corrected chi connectivity index (χ0v) is 9.32. The van der Waals surface area contributed by atoms with Crippen LogP contribution in [0.4, 0.5) is 18.9 Å². The molecule has 7 heteroatoms. The van der Waals surface area contributed by atoms with E-state index in [0.717, 1.165) is 5.56 Å². The van der Waals surface area contributed by atoms with Gasteiger partial charge in [-0.3, -0.25) is 0 Å². The number of nitrogens with zero attached hydrogens (tertiary/aromatic N) is 1. The van der Waals surface area contributed by atoms with Gasteiger partial charge in [0.25, 0.3) is 0 Å². The Bertz CT molecular complexity index is 368. The lowest BCUT2D eigenvalue weighted by Gasteiger charge is -2.12. The van der Waals surface area contributed by atoms with E-state index in [1.54, 1.807) is 6.92 Å². The van der Waals surface area contributed by atoms with Crippen molar-refractivity contribution in [2.45, 2.75) is 18.6 Å². The maximum absolute atomic E-state index is 11.9. The number of halogens is 4. The molecule has 0 unspecified atom stereocenters. The number of hydrogen-bond donors (Lipinski definition) is 1. The van der Waals surface area contributed by atoms with Gasteiger partial charge in [-0.2, -0.15) is 0 Å². The molecule has 0 radical (unpaired) electrons. The van der Waals surface area contributed by atoms with Crippen LogP contribution in [0, 0.1) is 6.92 Å². The molecule has 15 heavy (non-hydrogen) atoms. The van der Waals surface area contributed by atoms with Crippen molar-refractivity contribution < 1.29 is 17.9 Å². The number of pyridine rings is 1. The zero-order chi connectivity index (χ0) is 11.6. The summed E-state index contributed by atoms with van der Waals surface area (Å²) in [6, 6.07) is 1.40. The molecule has 3 nitrogen and oxygen atoms in total. The van der Waals surface area contributed by atoms with Crippen LogP contribution < -0.4 is 10.5 Å². The predicted molar refractivity (Wildman–Crippen MR) is 52.7 cm³/mol. The average Bonchev–Trinajstić information content (AvgIpc) is 2.08. The van der Waals surface area contributed by atoms with E-state index in [1.807, 2.05) is 0 Å². The third-order valence-electron chi connectivity index (χ3n) is 1.67. The molecule has 0 amide bonds. The summed E-state index contributed by atoms with van der Waals surface area (Å²) >= 11 is 3.17. The summed E-state index contributed by atoms with van der Waals surface area (Å²) < 4.78 is 39.4. The molecule has 1 heterocycles. The highest BCUT2D eigenvalue weighted by molar-refractivity contribution is 9.08. The maximum Gasteiger partial charge on any atom is 0.574 e. The molecule has 0 saturated heterocycles. The fourth-order valence-electron chi connectivity index (χ4n) is 0.969. The third kappa shape index (κ3) is 3.26. The molecule has 0 aromatic carbocycles. The quantitative estimate of drug-likeness (QED) is 0.850. The lowest BCUT2D eigenvalue weighted by molar-refractivity contribution is -0.275. The number of aromatic nitrogens is 1. The molecule has 0 aliphatic heterocycles. The molecule has 1 rings (SSSR count). The summed E-state index contributed by atoms with van der Waals surface area (Å²) in [6.45, 7) is 1.58. The second kappa shape index (κ2) is 4.26. The number of nitrogen functional groups attached to an aromatic ring is 1. The van der Waals surface area contributed by atoms with Crippen LogP contribution in [0.1, 0.15) is 11.3 Å². The number of ether oxygens (including phenoxy) is 1. The first-order valence-corrected chi connectivity index (χ1v) is 5.03. The Morgan fingerprint density at radius 3 is 2.60 bits per heavy atom. The fraction of sp³-hybridized carbons (Fsp3) is 0.375. The lowest BCUT2D eigenvalue weighted by atomic mass is 10.2. The summed E-state index contributed by atoms with van der Waals surface area (Å²) in [5.41, 5.74) is 6.40. The van der Waals surface area contributed by atoms with Crippen LogP contribution in [0.15, 0.2) is 6.07 Å². The Morgan fingerprint density at radius 2 is 2.13 bits per heavy atom. The minimum Gasteiger partial charge on any atom is -0.394 e. The van der Waals surface area contributed by atoms with E-state index in [9.17, 15) is 13.2 Å². The van der Waals surface area contributed by atoms with Gasteiger partial charge in [0.05, 0.1) is 5.69 Å². The second-order valence-corrected chi connectivity index (χ2v) is 3.37. The van der Waals surface area contributed by atoms with E-state index in [-0.39, 0.29) is 5.69 Å². The van der Waals surface area contributed by atoms with E-state index in [2.05, 4.69) is 25.7 Å². The molecule has 1 aromatic rings. The SMILES string of the molecule is Cc1nc(OC(F)(F)F)c(N)cc1CBr. The monoisotopic (exact) mass is 284 g/mol. The Morgan fingerprint density at radius 1 is 1.53 bits per heavy atom. The van der Waals surface area contributed by atoms with Gasteiger partial charge in [-0.1, -0.05) is 15.9 Å². The number of anilines is 1. The average molecular weight is 285 g/mol. The van der Waals surface area contributed by atoms with E-state index in [0.29, 0.717) is 11.0 Å². The smallest absolute Gasteiger partial charge is 0.394 e. The molecular formula is C8H8BrF3N2O. The number of rotatable bonds is 2. The molecular weight excluding hydrogens is 277 g/mol. The number of aryl methyl sites for hydroxylation is 1. The molecule has 0 saturated carbocycles. The summed E-state index contributed by atoms with van der Waals surface area (Å²) in [7, 11) is 0. The predicted octanol–water partition coefficient (Wildman–Crippen LogP) is 2.77. The minimum atomic E-state index is -4.77. The Balaban J connectivity index is 3.05. The molecule has 1 aromatic heterocycles. The highest BCUT2D eigenvalue weighted by Crippen LogP contribution is 2.28. The van der Waals surface area contributed by atoms with Gasteiger partial charge in [0.15, 0.2) is 0 Å². The van der Waals surface area contributed by atoms with Crippen molar-refractivity contribution in [3.63, 3.8) is 0 Å². The standard InChI is InChI=1S/C8H8BrF3N2O/c1-4-5(3-9)2-6(13)7(14-4)15-8(10,11)12/h2H,3,13H2,1H3. The van der Waals surface area contributed by atoms with E-state index in [1.165, 1.54) is 6.07 Å². The van der Waals surface area contributed by atoms with Gasteiger partial charge in [0.2, 0.25) is 5.88 Å². The van der Waals surface area contributed by atoms with Crippen molar-refractivity contribution in [3.05, 3.63) is 17.3 Å². The topological polar surface area (TPSA) is 48.1 Å². The molecule has 0 aliphatic rings. The highest BCUT2D eigenvalue weighted by atomic mass is 79.9. The summed E-state index contributed by atoms with van der Waals surface area (Å²) in [5.74, 6) is -0.607. The summed E-state index contributed by atoms with van der Waals surface area (Å²) in [6.07, 6.45) is -4.77. The fourth-order valence-corrected chi connectivity index (χ4v) is 1.54. The molecule has 0 spiro atoms. The van der Waals surface area contributed by atoms with Crippen molar-refractivity contribution in [2.75, 3.05) is 5.73 Å². The van der Waals surface area contributed by atoms with E-state index < -0.39 is 12.2 Å². The van der Waals surface area contributed by atoms with Crippen LogP contribution in [0.25, 0.3) is 0 Å². The van der Waals surface area contributed by atoms with Gasteiger partial charge in [-0.05, 0) is 18.6 Å². The van der Waals surface area contributed by atoms with Gasteiger partial charge in [0.1, 0.15) is 0 Å². The largest absolute Gasteiger partial charge is 0.574 e. The maximum atomic E-state index is 11.9.